The van der Waals surface area contributed by atoms with E-state index in [-0.39, 0.29) is 6.04 Å². The highest BCUT2D eigenvalue weighted by Gasteiger charge is 2.16. The summed E-state index contributed by atoms with van der Waals surface area (Å²) >= 11 is 5.83. The van der Waals surface area contributed by atoms with Crippen molar-refractivity contribution in [2.75, 3.05) is 0 Å². The molecule has 0 unspecified atom stereocenters. The zero-order valence-electron chi connectivity index (χ0n) is 8.52. The van der Waals surface area contributed by atoms with Crippen LogP contribution in [0.3, 0.4) is 0 Å². The predicted molar refractivity (Wildman–Crippen MR) is 59.4 cm³/mol. The number of quaternary nitrogens is 1. The van der Waals surface area contributed by atoms with Gasteiger partial charge in [0.05, 0.1) is 0 Å². The Kier molecular flexibility index (Phi) is 2.75. The van der Waals surface area contributed by atoms with E-state index in [2.05, 4.69) is 10.7 Å². The summed E-state index contributed by atoms with van der Waals surface area (Å²) in [4.78, 5) is 4.28. The molecule has 0 fully saturated rings. The SMILES string of the molecule is Cn1ccnc1[C@@H]([NH3+])c1ccc(Cl)cc1. The topological polar surface area (TPSA) is 45.5 Å². The Labute approximate surface area is 93.5 Å². The van der Waals surface area contributed by atoms with Crippen molar-refractivity contribution in [3.05, 3.63) is 53.1 Å². The number of nitrogens with zero attached hydrogens (tertiary/aromatic N) is 2. The Hall–Kier alpha value is -1.32. The molecule has 78 valence electrons. The molecule has 3 nitrogen and oxygen atoms in total. The van der Waals surface area contributed by atoms with Gasteiger partial charge in [0.2, 0.25) is 0 Å². The largest absolute Gasteiger partial charge is 0.345 e. The van der Waals surface area contributed by atoms with Crippen molar-refractivity contribution in [2.24, 2.45) is 7.05 Å². The van der Waals surface area contributed by atoms with E-state index in [4.69, 9.17) is 11.6 Å². The first-order valence-corrected chi connectivity index (χ1v) is 5.12. The number of rotatable bonds is 2. The average Bonchev–Trinajstić information content (AvgIpc) is 2.65. The number of benzene rings is 1. The smallest absolute Gasteiger partial charge is 0.172 e. The summed E-state index contributed by atoms with van der Waals surface area (Å²) in [6.07, 6.45) is 3.70. The molecule has 0 bridgehead atoms. The highest BCUT2D eigenvalue weighted by atomic mass is 35.5. The van der Waals surface area contributed by atoms with Crippen LogP contribution in [0.4, 0.5) is 0 Å². The molecule has 0 aliphatic carbocycles. The lowest BCUT2D eigenvalue weighted by atomic mass is 10.1. The van der Waals surface area contributed by atoms with Crippen LogP contribution in [0.2, 0.25) is 5.02 Å². The van der Waals surface area contributed by atoms with Gasteiger partial charge in [-0.2, -0.15) is 0 Å². The van der Waals surface area contributed by atoms with Crippen molar-refractivity contribution < 1.29 is 5.73 Å². The molecule has 0 saturated carbocycles. The van der Waals surface area contributed by atoms with Gasteiger partial charge < -0.3 is 10.3 Å². The number of hydrogen-bond donors (Lipinski definition) is 1. The van der Waals surface area contributed by atoms with E-state index in [1.807, 2.05) is 42.1 Å². The molecular weight excluding hydrogens is 210 g/mol. The number of halogens is 1. The Morgan fingerprint density at radius 3 is 2.53 bits per heavy atom. The first kappa shape index (κ1) is 10.2. The van der Waals surface area contributed by atoms with Gasteiger partial charge in [0, 0.05) is 30.0 Å². The highest BCUT2D eigenvalue weighted by Crippen LogP contribution is 2.18. The van der Waals surface area contributed by atoms with Crippen LogP contribution in [-0.4, -0.2) is 9.55 Å². The van der Waals surface area contributed by atoms with Crippen molar-refractivity contribution in [3.8, 4) is 0 Å². The maximum atomic E-state index is 5.83. The van der Waals surface area contributed by atoms with Crippen LogP contribution in [0.25, 0.3) is 0 Å². The summed E-state index contributed by atoms with van der Waals surface area (Å²) < 4.78 is 1.98. The quantitative estimate of drug-likeness (QED) is 0.821. The molecule has 0 aliphatic rings. The molecule has 0 spiro atoms. The van der Waals surface area contributed by atoms with Crippen LogP contribution >= 0.6 is 11.6 Å². The lowest BCUT2D eigenvalue weighted by Crippen LogP contribution is -2.54. The van der Waals surface area contributed by atoms with Crippen LogP contribution in [-0.2, 0) is 7.05 Å². The number of aromatic nitrogens is 2. The number of hydrogen-bond acceptors (Lipinski definition) is 1. The van der Waals surface area contributed by atoms with Gasteiger partial charge in [0.25, 0.3) is 0 Å². The molecule has 3 N–H and O–H groups in total. The van der Waals surface area contributed by atoms with Gasteiger partial charge >= 0.3 is 0 Å². The van der Waals surface area contributed by atoms with E-state index in [0.29, 0.717) is 0 Å². The van der Waals surface area contributed by atoms with E-state index in [1.54, 1.807) is 6.20 Å². The minimum atomic E-state index is 0.0438. The van der Waals surface area contributed by atoms with Gasteiger partial charge in [-0.3, -0.25) is 0 Å². The van der Waals surface area contributed by atoms with Crippen LogP contribution < -0.4 is 5.73 Å². The van der Waals surface area contributed by atoms with Crippen molar-refractivity contribution in [3.63, 3.8) is 0 Å². The molecule has 0 radical (unpaired) electrons. The molecule has 0 amide bonds. The second kappa shape index (κ2) is 4.04. The lowest BCUT2D eigenvalue weighted by Gasteiger charge is -2.08. The molecule has 1 aromatic carbocycles. The minimum absolute atomic E-state index is 0.0438. The Bertz CT molecular complexity index is 447. The third-order valence-electron chi connectivity index (χ3n) is 2.44. The first-order valence-electron chi connectivity index (χ1n) is 4.74. The fraction of sp³-hybridized carbons (Fsp3) is 0.182. The van der Waals surface area contributed by atoms with Crippen LogP contribution in [0.1, 0.15) is 17.4 Å². The fourth-order valence-electron chi connectivity index (χ4n) is 1.56. The second-order valence-electron chi connectivity index (χ2n) is 3.50. The maximum Gasteiger partial charge on any atom is 0.172 e. The zero-order chi connectivity index (χ0) is 10.8. The zero-order valence-corrected chi connectivity index (χ0v) is 9.28. The van der Waals surface area contributed by atoms with Gasteiger partial charge in [0.15, 0.2) is 11.9 Å². The average molecular weight is 223 g/mol. The van der Waals surface area contributed by atoms with Crippen molar-refractivity contribution in [2.45, 2.75) is 6.04 Å². The van der Waals surface area contributed by atoms with Crippen molar-refractivity contribution in [1.82, 2.24) is 9.55 Å². The van der Waals surface area contributed by atoms with E-state index >= 15 is 0 Å². The summed E-state index contributed by atoms with van der Waals surface area (Å²) in [5.41, 5.74) is 5.23. The van der Waals surface area contributed by atoms with Crippen LogP contribution in [0, 0.1) is 0 Å². The Morgan fingerprint density at radius 2 is 2.00 bits per heavy atom. The molecule has 15 heavy (non-hydrogen) atoms. The Morgan fingerprint density at radius 1 is 1.33 bits per heavy atom. The molecular formula is C11H13ClN3+. The van der Waals surface area contributed by atoms with Gasteiger partial charge in [0.1, 0.15) is 0 Å². The summed E-state index contributed by atoms with van der Waals surface area (Å²) in [5, 5.41) is 0.741. The van der Waals surface area contributed by atoms with E-state index in [0.717, 1.165) is 16.4 Å². The van der Waals surface area contributed by atoms with Crippen LogP contribution in [0.15, 0.2) is 36.7 Å². The summed E-state index contributed by atoms with van der Waals surface area (Å²) in [5.74, 6) is 0.956. The molecule has 1 heterocycles. The van der Waals surface area contributed by atoms with Crippen molar-refractivity contribution >= 4 is 11.6 Å². The molecule has 1 aromatic heterocycles. The predicted octanol–water partition coefficient (Wildman–Crippen LogP) is 1.40. The van der Waals surface area contributed by atoms with Crippen molar-refractivity contribution in [1.29, 1.82) is 0 Å². The van der Waals surface area contributed by atoms with E-state index in [9.17, 15) is 0 Å². The lowest BCUT2D eigenvalue weighted by molar-refractivity contribution is -0.414. The minimum Gasteiger partial charge on any atom is -0.345 e. The monoisotopic (exact) mass is 222 g/mol. The number of aryl methyl sites for hydroxylation is 1. The first-order chi connectivity index (χ1) is 7.18. The second-order valence-corrected chi connectivity index (χ2v) is 3.94. The Balaban J connectivity index is 2.32. The molecule has 0 saturated heterocycles. The summed E-state index contributed by atoms with van der Waals surface area (Å²) in [7, 11) is 1.97. The van der Waals surface area contributed by atoms with Gasteiger partial charge in [-0.25, -0.2) is 4.98 Å². The standard InChI is InChI=1S/C11H12ClN3/c1-15-7-6-14-11(15)10(13)8-2-4-9(12)5-3-8/h2-7,10H,13H2,1H3/p+1/t10-/m0/s1. The molecule has 1 atom stereocenters. The summed E-state index contributed by atoms with van der Waals surface area (Å²) in [6, 6.07) is 7.75. The maximum absolute atomic E-state index is 5.83. The third-order valence-corrected chi connectivity index (χ3v) is 2.69. The molecule has 2 aromatic rings. The van der Waals surface area contributed by atoms with E-state index in [1.165, 1.54) is 0 Å². The molecule has 4 heteroatoms. The molecule has 0 aliphatic heterocycles. The summed E-state index contributed by atoms with van der Waals surface area (Å²) in [6.45, 7) is 0. The highest BCUT2D eigenvalue weighted by molar-refractivity contribution is 6.30. The van der Waals surface area contributed by atoms with Crippen LogP contribution in [0.5, 0.6) is 0 Å². The fourth-order valence-corrected chi connectivity index (χ4v) is 1.68. The van der Waals surface area contributed by atoms with Gasteiger partial charge in [-0.15, -0.1) is 0 Å². The van der Waals surface area contributed by atoms with Gasteiger partial charge in [-0.05, 0) is 12.1 Å². The molecule has 2 rings (SSSR count). The third kappa shape index (κ3) is 2.03. The number of imidazole rings is 1. The van der Waals surface area contributed by atoms with E-state index < -0.39 is 0 Å². The normalized spacial score (nSPS) is 12.7. The van der Waals surface area contributed by atoms with Gasteiger partial charge in [-0.1, -0.05) is 23.7 Å².